The van der Waals surface area contributed by atoms with Crippen molar-refractivity contribution in [1.82, 2.24) is 19.7 Å². The number of rotatable bonds is 3. The minimum atomic E-state index is 0. The van der Waals surface area contributed by atoms with Crippen molar-refractivity contribution < 1.29 is 20.1 Å². The molecule has 30 heavy (non-hydrogen) atoms. The summed E-state index contributed by atoms with van der Waals surface area (Å²) >= 11 is 1.67. The number of thiazole rings is 1. The topological polar surface area (TPSA) is 43.6 Å². The molecule has 1 radical (unpaired) electrons. The van der Waals surface area contributed by atoms with Crippen molar-refractivity contribution >= 4 is 21.6 Å². The molecule has 2 aromatic heterocycles. The summed E-state index contributed by atoms with van der Waals surface area (Å²) in [5, 5.41) is 9.71. The number of aromatic nitrogens is 4. The maximum atomic E-state index is 4.61. The van der Waals surface area contributed by atoms with Crippen molar-refractivity contribution in [1.29, 1.82) is 0 Å². The quantitative estimate of drug-likeness (QED) is 0.246. The standard InChI is InChI=1S/C24H19N4S.Ir/c1-15-12-19(18-8-5-4-6-9-18)13-16(2)22(15)28-14-25-27-24(28)20-10-7-11-21-23(20)29-17(3)26-21;/h4-9,11-14H,1-3H3;/q-1;. The molecule has 0 bridgehead atoms. The van der Waals surface area contributed by atoms with Crippen molar-refractivity contribution in [2.75, 3.05) is 0 Å². The number of hydrogen-bond donors (Lipinski definition) is 0. The van der Waals surface area contributed by atoms with Gasteiger partial charge in [0.15, 0.2) is 0 Å². The Labute approximate surface area is 193 Å². The molecular weight excluding hydrogens is 569 g/mol. The van der Waals surface area contributed by atoms with Crippen LogP contribution in [0.1, 0.15) is 16.1 Å². The summed E-state index contributed by atoms with van der Waals surface area (Å²) in [6, 6.07) is 22.2. The molecule has 5 rings (SSSR count). The summed E-state index contributed by atoms with van der Waals surface area (Å²) < 4.78 is 3.16. The molecule has 4 nitrogen and oxygen atoms in total. The van der Waals surface area contributed by atoms with Crippen molar-refractivity contribution in [2.24, 2.45) is 0 Å². The Hall–Kier alpha value is -2.66. The van der Waals surface area contributed by atoms with Crippen LogP contribution in [0.5, 0.6) is 0 Å². The Morgan fingerprint density at radius 1 is 0.933 bits per heavy atom. The largest absolute Gasteiger partial charge is 0.322 e. The van der Waals surface area contributed by atoms with Gasteiger partial charge in [-0.15, -0.1) is 23.3 Å². The summed E-state index contributed by atoms with van der Waals surface area (Å²) in [6.07, 6.45) is 1.79. The van der Waals surface area contributed by atoms with Gasteiger partial charge in [0.1, 0.15) is 6.33 Å². The maximum absolute atomic E-state index is 4.61. The second-order valence-corrected chi connectivity index (χ2v) is 8.35. The number of fused-ring (bicyclic) bond motifs is 1. The Kier molecular flexibility index (Phi) is 5.65. The zero-order chi connectivity index (χ0) is 20.0. The number of nitrogens with zero attached hydrogens (tertiary/aromatic N) is 4. The van der Waals surface area contributed by atoms with E-state index in [1.165, 1.54) is 22.3 Å². The SMILES string of the molecule is Cc1nc2cc[c-]c(-c3nncn3-c3c(C)cc(-c4ccccc4)cc3C)c2s1.[Ir]. The predicted molar refractivity (Wildman–Crippen MR) is 118 cm³/mol. The van der Waals surface area contributed by atoms with Gasteiger partial charge in [0.05, 0.1) is 10.8 Å². The summed E-state index contributed by atoms with van der Waals surface area (Å²) in [5.41, 5.74) is 7.81. The molecule has 0 atom stereocenters. The van der Waals surface area contributed by atoms with Crippen LogP contribution in [-0.4, -0.2) is 19.7 Å². The number of benzene rings is 3. The number of hydrogen-bond acceptors (Lipinski definition) is 4. The Morgan fingerprint density at radius 3 is 2.40 bits per heavy atom. The molecule has 0 saturated carbocycles. The third-order valence-electron chi connectivity index (χ3n) is 5.07. The monoisotopic (exact) mass is 588 g/mol. The minimum absolute atomic E-state index is 0. The van der Waals surface area contributed by atoms with E-state index in [9.17, 15) is 0 Å². The first-order valence-corrected chi connectivity index (χ1v) is 10.3. The van der Waals surface area contributed by atoms with Crippen LogP contribution in [0.25, 0.3) is 38.4 Å². The zero-order valence-electron chi connectivity index (χ0n) is 16.8. The van der Waals surface area contributed by atoms with E-state index in [4.69, 9.17) is 0 Å². The second kappa shape index (κ2) is 8.23. The van der Waals surface area contributed by atoms with Crippen LogP contribution in [0.15, 0.2) is 60.9 Å². The Balaban J connectivity index is 0.00000218. The molecule has 0 spiro atoms. The van der Waals surface area contributed by atoms with E-state index in [-0.39, 0.29) is 20.1 Å². The Bertz CT molecular complexity index is 1320. The summed E-state index contributed by atoms with van der Waals surface area (Å²) in [6.45, 7) is 6.30. The first-order chi connectivity index (χ1) is 14.1. The third-order valence-corrected chi connectivity index (χ3v) is 6.07. The van der Waals surface area contributed by atoms with Crippen LogP contribution >= 0.6 is 11.3 Å². The van der Waals surface area contributed by atoms with Crippen LogP contribution in [0.3, 0.4) is 0 Å². The van der Waals surface area contributed by atoms with Gasteiger partial charge >= 0.3 is 0 Å². The molecule has 3 aromatic carbocycles. The second-order valence-electron chi connectivity index (χ2n) is 7.15. The summed E-state index contributed by atoms with van der Waals surface area (Å²) in [4.78, 5) is 4.61. The van der Waals surface area contributed by atoms with Crippen LogP contribution in [0.2, 0.25) is 0 Å². The average molecular weight is 588 g/mol. The smallest absolute Gasteiger partial charge is 0.114 e. The molecule has 151 valence electrons. The van der Waals surface area contributed by atoms with Gasteiger partial charge in [-0.25, -0.2) is 0 Å². The molecule has 0 N–H and O–H groups in total. The van der Waals surface area contributed by atoms with Gasteiger partial charge in [-0.2, -0.15) is 16.4 Å². The first-order valence-electron chi connectivity index (χ1n) is 9.47. The molecule has 6 heteroatoms. The third kappa shape index (κ3) is 3.52. The van der Waals surface area contributed by atoms with Gasteiger partial charge in [0.2, 0.25) is 0 Å². The van der Waals surface area contributed by atoms with E-state index in [1.807, 2.05) is 25.1 Å². The molecule has 0 aliphatic rings. The van der Waals surface area contributed by atoms with Crippen molar-refractivity contribution in [3.05, 3.63) is 83.1 Å². The molecule has 0 saturated heterocycles. The van der Waals surface area contributed by atoms with Crippen LogP contribution < -0.4 is 0 Å². The molecule has 2 heterocycles. The maximum Gasteiger partial charge on any atom is 0.114 e. The van der Waals surface area contributed by atoms with Gasteiger partial charge in [-0.1, -0.05) is 35.9 Å². The van der Waals surface area contributed by atoms with Crippen molar-refractivity contribution in [3.8, 4) is 28.2 Å². The molecule has 0 amide bonds. The van der Waals surface area contributed by atoms with Gasteiger partial charge in [-0.3, -0.25) is 4.98 Å². The molecule has 0 unspecified atom stereocenters. The number of aryl methyl sites for hydroxylation is 3. The minimum Gasteiger partial charge on any atom is -0.322 e. The van der Waals surface area contributed by atoms with Gasteiger partial charge in [0, 0.05) is 25.8 Å². The van der Waals surface area contributed by atoms with Crippen LogP contribution in [-0.2, 0) is 20.1 Å². The van der Waals surface area contributed by atoms with E-state index in [1.54, 1.807) is 17.7 Å². The average Bonchev–Trinajstić information content (AvgIpc) is 3.33. The first kappa shape index (κ1) is 20.6. The summed E-state index contributed by atoms with van der Waals surface area (Å²) in [5.74, 6) is 0.790. The molecule has 5 aromatic rings. The molecule has 0 aliphatic carbocycles. The van der Waals surface area contributed by atoms with Crippen LogP contribution in [0.4, 0.5) is 0 Å². The van der Waals surface area contributed by atoms with E-state index >= 15 is 0 Å². The fourth-order valence-electron chi connectivity index (χ4n) is 3.87. The summed E-state index contributed by atoms with van der Waals surface area (Å²) in [7, 11) is 0. The molecular formula is C24H19IrN4S-. The molecule has 0 fully saturated rings. The van der Waals surface area contributed by atoms with Gasteiger partial charge < -0.3 is 4.57 Å². The van der Waals surface area contributed by atoms with Crippen LogP contribution in [0, 0.1) is 26.8 Å². The van der Waals surface area contributed by atoms with E-state index in [0.29, 0.717) is 0 Å². The van der Waals surface area contributed by atoms with Crippen molar-refractivity contribution in [3.63, 3.8) is 0 Å². The zero-order valence-corrected chi connectivity index (χ0v) is 20.0. The van der Waals surface area contributed by atoms with Crippen molar-refractivity contribution in [2.45, 2.75) is 20.8 Å². The fraction of sp³-hybridized carbons (Fsp3) is 0.125. The van der Waals surface area contributed by atoms with Gasteiger partial charge in [-0.05, 0) is 65.4 Å². The van der Waals surface area contributed by atoms with Gasteiger partial charge in [0.25, 0.3) is 0 Å². The fourth-order valence-corrected chi connectivity index (χ4v) is 4.78. The molecule has 0 aliphatic heterocycles. The van der Waals surface area contributed by atoms with E-state index in [2.05, 4.69) is 76.1 Å². The predicted octanol–water partition coefficient (Wildman–Crippen LogP) is 5.93. The van der Waals surface area contributed by atoms with E-state index in [0.717, 1.165) is 32.3 Å². The van der Waals surface area contributed by atoms with E-state index < -0.39 is 0 Å². The normalized spacial score (nSPS) is 10.9. The Morgan fingerprint density at radius 2 is 1.67 bits per heavy atom.